The molecule has 0 saturated heterocycles. The number of aromatic nitrogens is 2. The Kier molecular flexibility index (Phi) is 6.04. The zero-order valence-corrected chi connectivity index (χ0v) is 16.0. The standard InChI is InChI=1S/C19H13F3IN3O/c20-12-3-1-11(2-4-12)14(13-5-6-24-8-15(13)21)7-18(27)26-17-10-25-9-16(22)19(17)23/h1-6,8-10,14H,7H2,(H,26,27)/t14-/m1/s1. The van der Waals surface area contributed by atoms with Crippen LogP contribution in [-0.4, -0.2) is 15.9 Å². The zero-order valence-electron chi connectivity index (χ0n) is 13.8. The summed E-state index contributed by atoms with van der Waals surface area (Å²) in [5.74, 6) is -2.67. The van der Waals surface area contributed by atoms with E-state index in [1.165, 1.54) is 42.7 Å². The van der Waals surface area contributed by atoms with Gasteiger partial charge in [0.05, 0.1) is 27.8 Å². The van der Waals surface area contributed by atoms with Gasteiger partial charge in [-0.1, -0.05) is 12.1 Å². The number of amides is 1. The number of hydrogen-bond acceptors (Lipinski definition) is 3. The van der Waals surface area contributed by atoms with Gasteiger partial charge < -0.3 is 5.32 Å². The summed E-state index contributed by atoms with van der Waals surface area (Å²) in [7, 11) is 0. The molecular formula is C19H13F3IN3O. The van der Waals surface area contributed by atoms with Crippen molar-refractivity contribution in [1.29, 1.82) is 0 Å². The third-order valence-corrected chi connectivity index (χ3v) is 5.05. The Morgan fingerprint density at radius 1 is 1.00 bits per heavy atom. The first-order chi connectivity index (χ1) is 13.0. The Morgan fingerprint density at radius 2 is 1.70 bits per heavy atom. The Labute approximate surface area is 167 Å². The molecule has 8 heteroatoms. The van der Waals surface area contributed by atoms with Crippen molar-refractivity contribution < 1.29 is 18.0 Å². The van der Waals surface area contributed by atoms with E-state index in [0.29, 0.717) is 5.56 Å². The molecule has 2 heterocycles. The first-order valence-corrected chi connectivity index (χ1v) is 8.97. The summed E-state index contributed by atoms with van der Waals surface area (Å²) in [6.45, 7) is 0. The number of rotatable bonds is 5. The molecule has 3 rings (SSSR count). The van der Waals surface area contributed by atoms with Crippen LogP contribution in [0.2, 0.25) is 0 Å². The van der Waals surface area contributed by atoms with Gasteiger partial charge in [-0.3, -0.25) is 14.8 Å². The Bertz CT molecular complexity index is 967. The van der Waals surface area contributed by atoms with Gasteiger partial charge in [-0.05, 0) is 51.9 Å². The molecule has 2 aromatic heterocycles. The molecule has 1 aromatic carbocycles. The van der Waals surface area contributed by atoms with Gasteiger partial charge in [-0.25, -0.2) is 13.2 Å². The number of nitrogens with zero attached hydrogens (tertiary/aromatic N) is 2. The summed E-state index contributed by atoms with van der Waals surface area (Å²) in [6, 6.07) is 6.98. The van der Waals surface area contributed by atoms with E-state index in [0.717, 1.165) is 12.4 Å². The molecule has 0 saturated carbocycles. The summed E-state index contributed by atoms with van der Waals surface area (Å²) in [5, 5.41) is 2.59. The maximum atomic E-state index is 14.3. The Morgan fingerprint density at radius 3 is 2.41 bits per heavy atom. The average Bonchev–Trinajstić information content (AvgIpc) is 2.65. The second-order valence-corrected chi connectivity index (χ2v) is 6.82. The van der Waals surface area contributed by atoms with Crippen LogP contribution in [0, 0.1) is 21.0 Å². The van der Waals surface area contributed by atoms with E-state index < -0.39 is 29.3 Å². The predicted octanol–water partition coefficient (Wildman–Crippen LogP) is 4.66. The van der Waals surface area contributed by atoms with Gasteiger partial charge in [0.25, 0.3) is 0 Å². The Balaban J connectivity index is 1.89. The predicted molar refractivity (Wildman–Crippen MR) is 103 cm³/mol. The van der Waals surface area contributed by atoms with Crippen LogP contribution in [0.1, 0.15) is 23.5 Å². The molecule has 1 atom stereocenters. The number of halogens is 4. The molecular weight excluding hydrogens is 470 g/mol. The monoisotopic (exact) mass is 483 g/mol. The molecule has 1 N–H and O–H groups in total. The zero-order chi connectivity index (χ0) is 19.4. The van der Waals surface area contributed by atoms with Gasteiger partial charge in [0.1, 0.15) is 11.6 Å². The molecule has 0 aliphatic rings. The van der Waals surface area contributed by atoms with Gasteiger partial charge in [0.2, 0.25) is 5.91 Å². The molecule has 138 valence electrons. The van der Waals surface area contributed by atoms with Crippen LogP contribution >= 0.6 is 22.6 Å². The van der Waals surface area contributed by atoms with Crippen LogP contribution in [-0.2, 0) is 4.79 Å². The average molecular weight is 483 g/mol. The lowest BCUT2D eigenvalue weighted by Crippen LogP contribution is -2.18. The van der Waals surface area contributed by atoms with Gasteiger partial charge in [-0.15, -0.1) is 0 Å². The highest BCUT2D eigenvalue weighted by molar-refractivity contribution is 14.1. The molecule has 3 aromatic rings. The van der Waals surface area contributed by atoms with Crippen molar-refractivity contribution in [2.45, 2.75) is 12.3 Å². The molecule has 0 aliphatic carbocycles. The minimum absolute atomic E-state index is 0.126. The van der Waals surface area contributed by atoms with Crippen molar-refractivity contribution in [3.05, 3.63) is 87.3 Å². The summed E-state index contributed by atoms with van der Waals surface area (Å²) >= 11 is 1.76. The van der Waals surface area contributed by atoms with Crippen LogP contribution in [0.3, 0.4) is 0 Å². The van der Waals surface area contributed by atoms with E-state index in [2.05, 4.69) is 15.3 Å². The van der Waals surface area contributed by atoms with E-state index in [-0.39, 0.29) is 21.2 Å². The number of anilines is 1. The van der Waals surface area contributed by atoms with Crippen LogP contribution < -0.4 is 5.32 Å². The number of hydrogen-bond donors (Lipinski definition) is 1. The van der Waals surface area contributed by atoms with Crippen molar-refractivity contribution in [2.75, 3.05) is 5.32 Å². The summed E-state index contributed by atoms with van der Waals surface area (Å²) in [6.07, 6.45) is 4.74. The number of carbonyl (C=O) groups excluding carboxylic acids is 1. The van der Waals surface area contributed by atoms with E-state index >= 15 is 0 Å². The number of benzene rings is 1. The number of nitrogens with one attached hydrogen (secondary N) is 1. The van der Waals surface area contributed by atoms with E-state index in [9.17, 15) is 18.0 Å². The second kappa shape index (κ2) is 8.47. The van der Waals surface area contributed by atoms with Crippen molar-refractivity contribution in [1.82, 2.24) is 9.97 Å². The van der Waals surface area contributed by atoms with Crippen molar-refractivity contribution in [3.8, 4) is 0 Å². The van der Waals surface area contributed by atoms with E-state index in [4.69, 9.17) is 0 Å². The van der Waals surface area contributed by atoms with Gasteiger partial charge in [-0.2, -0.15) is 0 Å². The first-order valence-electron chi connectivity index (χ1n) is 7.89. The quantitative estimate of drug-likeness (QED) is 0.538. The van der Waals surface area contributed by atoms with Crippen molar-refractivity contribution in [3.63, 3.8) is 0 Å². The Hall–Kier alpha value is -2.49. The molecule has 1 amide bonds. The lowest BCUT2D eigenvalue weighted by atomic mass is 9.88. The van der Waals surface area contributed by atoms with Crippen LogP contribution in [0.5, 0.6) is 0 Å². The summed E-state index contributed by atoms with van der Waals surface area (Å²) in [4.78, 5) is 20.0. The van der Waals surface area contributed by atoms with Crippen molar-refractivity contribution >= 4 is 34.2 Å². The molecule has 0 radical (unpaired) electrons. The topological polar surface area (TPSA) is 54.9 Å². The fourth-order valence-corrected chi connectivity index (χ4v) is 3.08. The molecule has 0 aliphatic heterocycles. The first kappa shape index (κ1) is 19.3. The minimum atomic E-state index is -0.659. The molecule has 0 bridgehead atoms. The molecule has 0 unspecified atom stereocenters. The van der Waals surface area contributed by atoms with Crippen molar-refractivity contribution in [2.24, 2.45) is 0 Å². The summed E-state index contributed by atoms with van der Waals surface area (Å²) in [5.41, 5.74) is 1.07. The fourth-order valence-electron chi connectivity index (χ4n) is 2.66. The van der Waals surface area contributed by atoms with Gasteiger partial charge in [0.15, 0.2) is 5.82 Å². The third-order valence-electron chi connectivity index (χ3n) is 3.95. The number of pyridine rings is 2. The smallest absolute Gasteiger partial charge is 0.225 e. The molecule has 27 heavy (non-hydrogen) atoms. The largest absolute Gasteiger partial charge is 0.324 e. The number of carbonyl (C=O) groups is 1. The van der Waals surface area contributed by atoms with Gasteiger partial charge in [0, 0.05) is 18.5 Å². The maximum absolute atomic E-state index is 14.3. The second-order valence-electron chi connectivity index (χ2n) is 5.74. The minimum Gasteiger partial charge on any atom is -0.324 e. The van der Waals surface area contributed by atoms with E-state index in [1.807, 2.05) is 0 Å². The summed E-state index contributed by atoms with van der Waals surface area (Å²) < 4.78 is 41.4. The SMILES string of the molecule is O=C(C[C@H](c1ccc(F)cc1)c1ccncc1F)Nc1cncc(F)c1I. The maximum Gasteiger partial charge on any atom is 0.225 e. The van der Waals surface area contributed by atoms with Crippen LogP contribution in [0.4, 0.5) is 18.9 Å². The van der Waals surface area contributed by atoms with Gasteiger partial charge >= 0.3 is 0 Å². The normalized spacial score (nSPS) is 11.9. The third kappa shape index (κ3) is 4.62. The lowest BCUT2D eigenvalue weighted by Gasteiger charge is -2.18. The molecule has 0 spiro atoms. The molecule has 4 nitrogen and oxygen atoms in total. The van der Waals surface area contributed by atoms with Crippen LogP contribution in [0.15, 0.2) is 55.1 Å². The molecule has 0 fully saturated rings. The highest BCUT2D eigenvalue weighted by atomic mass is 127. The van der Waals surface area contributed by atoms with E-state index in [1.54, 1.807) is 22.6 Å². The lowest BCUT2D eigenvalue weighted by molar-refractivity contribution is -0.116. The fraction of sp³-hybridized carbons (Fsp3) is 0.105. The highest BCUT2D eigenvalue weighted by Gasteiger charge is 2.22. The van der Waals surface area contributed by atoms with Crippen LogP contribution in [0.25, 0.3) is 0 Å². The highest BCUT2D eigenvalue weighted by Crippen LogP contribution is 2.30.